The zero-order chi connectivity index (χ0) is 15.3. The minimum atomic E-state index is -5.59. The number of rotatable bonds is 1. The molecule has 0 aromatic carbocycles. The van der Waals surface area contributed by atoms with E-state index in [4.69, 9.17) is 5.14 Å². The maximum Gasteiger partial charge on any atom is 0.406 e. The summed E-state index contributed by atoms with van der Waals surface area (Å²) in [5.41, 5.74) is -4.67. The van der Waals surface area contributed by atoms with Crippen LogP contribution in [0.3, 0.4) is 0 Å². The molecule has 2 N–H and O–H groups in total. The highest BCUT2D eigenvalue weighted by Crippen LogP contribution is 2.56. The van der Waals surface area contributed by atoms with Crippen molar-refractivity contribution in [3.8, 4) is 0 Å². The minimum absolute atomic E-state index is 0.195. The van der Waals surface area contributed by atoms with Crippen LogP contribution in [0.5, 0.6) is 0 Å². The lowest BCUT2D eigenvalue weighted by atomic mass is 9.77. The molecule has 0 spiro atoms. The zero-order valence-corrected chi connectivity index (χ0v) is 10.2. The number of alkyl halides is 6. The first-order chi connectivity index (χ1) is 8.22. The monoisotopic (exact) mass is 309 g/mol. The highest BCUT2D eigenvalue weighted by Gasteiger charge is 2.69. The molecule has 0 bridgehead atoms. The van der Waals surface area contributed by atoms with Crippen molar-refractivity contribution in [1.29, 1.82) is 0 Å². The van der Waals surface area contributed by atoms with Gasteiger partial charge in [0.1, 0.15) is 0 Å². The SMILES string of the molecule is CC1=C(S(N)(=O)=O)C=CC(C(F)(F)F)(C(F)(F)F)C1. The Morgan fingerprint density at radius 2 is 1.58 bits per heavy atom. The van der Waals surface area contributed by atoms with Crippen LogP contribution in [0.2, 0.25) is 0 Å². The summed E-state index contributed by atoms with van der Waals surface area (Å²) in [7, 11) is -4.36. The molecule has 1 aliphatic carbocycles. The van der Waals surface area contributed by atoms with Gasteiger partial charge in [0.15, 0.2) is 5.41 Å². The van der Waals surface area contributed by atoms with E-state index in [9.17, 15) is 34.8 Å². The molecule has 110 valence electrons. The molecule has 19 heavy (non-hydrogen) atoms. The van der Waals surface area contributed by atoms with E-state index < -0.39 is 44.7 Å². The Bertz CT molecular complexity index is 526. The van der Waals surface area contributed by atoms with E-state index in [1.54, 1.807) is 0 Å². The van der Waals surface area contributed by atoms with Crippen LogP contribution in [0.25, 0.3) is 0 Å². The molecule has 0 radical (unpaired) electrons. The van der Waals surface area contributed by atoms with Gasteiger partial charge in [-0.3, -0.25) is 0 Å². The van der Waals surface area contributed by atoms with Crippen molar-refractivity contribution >= 4 is 10.0 Å². The Hall–Kier alpha value is -1.03. The Morgan fingerprint density at radius 3 is 1.84 bits per heavy atom. The van der Waals surface area contributed by atoms with Gasteiger partial charge in [0.05, 0.1) is 4.91 Å². The Kier molecular flexibility index (Phi) is 3.57. The molecule has 10 heteroatoms. The second-order valence-corrected chi connectivity index (χ2v) is 5.70. The van der Waals surface area contributed by atoms with Crippen LogP contribution in [-0.4, -0.2) is 20.8 Å². The molecule has 0 saturated carbocycles. The van der Waals surface area contributed by atoms with Crippen molar-refractivity contribution in [1.82, 2.24) is 0 Å². The Balaban J connectivity index is 3.43. The average Bonchev–Trinajstić information content (AvgIpc) is 2.11. The Morgan fingerprint density at radius 1 is 1.16 bits per heavy atom. The van der Waals surface area contributed by atoms with Crippen molar-refractivity contribution in [2.75, 3.05) is 0 Å². The molecule has 3 nitrogen and oxygen atoms in total. The summed E-state index contributed by atoms with van der Waals surface area (Å²) in [6.45, 7) is 0.871. The topological polar surface area (TPSA) is 60.2 Å². The Labute approximate surface area is 104 Å². The molecular formula is C9H9F6NO2S. The van der Waals surface area contributed by atoms with Crippen LogP contribution in [0.4, 0.5) is 26.3 Å². The summed E-state index contributed by atoms with van der Waals surface area (Å²) < 4.78 is 98.3. The van der Waals surface area contributed by atoms with Crippen LogP contribution >= 0.6 is 0 Å². The van der Waals surface area contributed by atoms with Gasteiger partial charge >= 0.3 is 12.4 Å². The van der Waals surface area contributed by atoms with Gasteiger partial charge in [-0.05, 0) is 19.4 Å². The lowest BCUT2D eigenvalue weighted by Gasteiger charge is -2.37. The number of halogens is 6. The van der Waals surface area contributed by atoms with Gasteiger partial charge in [-0.2, -0.15) is 26.3 Å². The second-order valence-electron chi connectivity index (χ2n) is 4.17. The van der Waals surface area contributed by atoms with E-state index in [1.807, 2.05) is 0 Å². The normalized spacial score (nSPS) is 20.8. The molecular weight excluding hydrogens is 300 g/mol. The third kappa shape index (κ3) is 2.64. The van der Waals surface area contributed by atoms with Crippen molar-refractivity contribution in [2.24, 2.45) is 10.6 Å². The number of nitrogens with two attached hydrogens (primary N) is 1. The van der Waals surface area contributed by atoms with E-state index in [-0.39, 0.29) is 12.2 Å². The maximum atomic E-state index is 12.7. The van der Waals surface area contributed by atoms with Crippen molar-refractivity contribution < 1.29 is 34.8 Å². The molecule has 0 heterocycles. The van der Waals surface area contributed by atoms with Crippen LogP contribution in [0.15, 0.2) is 22.6 Å². The van der Waals surface area contributed by atoms with Gasteiger partial charge in [-0.15, -0.1) is 0 Å². The summed E-state index contributed by atoms with van der Waals surface area (Å²) in [5.74, 6) is 0. The standard InChI is InChI=1S/C9H9F6NO2S/c1-5-4-7(8(10,11)12,9(13,14)15)3-2-6(5)19(16,17)18/h2-3H,4H2,1H3,(H2,16,17,18). The zero-order valence-electron chi connectivity index (χ0n) is 9.43. The van der Waals surface area contributed by atoms with Crippen LogP contribution in [-0.2, 0) is 10.0 Å². The molecule has 0 saturated heterocycles. The second kappa shape index (κ2) is 4.23. The first kappa shape index (κ1) is 16.0. The third-order valence-corrected chi connectivity index (χ3v) is 3.90. The van der Waals surface area contributed by atoms with Crippen LogP contribution in [0, 0.1) is 5.41 Å². The first-order valence-corrected chi connectivity index (χ1v) is 6.32. The fraction of sp³-hybridized carbons (Fsp3) is 0.556. The summed E-state index contributed by atoms with van der Waals surface area (Å²) in [6, 6.07) is 0. The molecule has 0 amide bonds. The number of primary sulfonamides is 1. The van der Waals surface area contributed by atoms with Crippen LogP contribution in [0.1, 0.15) is 13.3 Å². The van der Waals surface area contributed by atoms with Gasteiger partial charge in [-0.25, -0.2) is 13.6 Å². The molecule has 0 aliphatic heterocycles. The quantitative estimate of drug-likeness (QED) is 0.757. The van der Waals surface area contributed by atoms with Gasteiger partial charge in [0, 0.05) is 0 Å². The fourth-order valence-corrected chi connectivity index (χ4v) is 2.63. The van der Waals surface area contributed by atoms with Crippen LogP contribution < -0.4 is 5.14 Å². The third-order valence-electron chi connectivity index (χ3n) is 2.80. The van der Waals surface area contributed by atoms with Crippen molar-refractivity contribution in [3.63, 3.8) is 0 Å². The highest BCUT2D eigenvalue weighted by atomic mass is 32.2. The summed E-state index contributed by atoms with van der Waals surface area (Å²) in [5, 5.41) is 4.71. The molecule has 0 fully saturated rings. The predicted molar refractivity (Wildman–Crippen MR) is 54.1 cm³/mol. The first-order valence-electron chi connectivity index (χ1n) is 4.77. The number of sulfonamides is 1. The van der Waals surface area contributed by atoms with E-state index in [1.165, 1.54) is 0 Å². The maximum absolute atomic E-state index is 12.7. The van der Waals surface area contributed by atoms with E-state index in [0.29, 0.717) is 0 Å². The number of hydrogen-bond acceptors (Lipinski definition) is 2. The van der Waals surface area contributed by atoms with E-state index in [2.05, 4.69) is 0 Å². The van der Waals surface area contributed by atoms with E-state index in [0.717, 1.165) is 6.92 Å². The predicted octanol–water partition coefficient (Wildman–Crippen LogP) is 2.62. The smallest absolute Gasteiger partial charge is 0.225 e. The lowest BCUT2D eigenvalue weighted by molar-refractivity contribution is -0.321. The van der Waals surface area contributed by atoms with Crippen molar-refractivity contribution in [2.45, 2.75) is 25.7 Å². The molecule has 0 aromatic rings. The highest BCUT2D eigenvalue weighted by molar-refractivity contribution is 7.93. The lowest BCUT2D eigenvalue weighted by Crippen LogP contribution is -2.49. The number of allylic oxidation sites excluding steroid dienone is 3. The van der Waals surface area contributed by atoms with Gasteiger partial charge in [0.25, 0.3) is 0 Å². The van der Waals surface area contributed by atoms with E-state index >= 15 is 0 Å². The summed E-state index contributed by atoms with van der Waals surface area (Å²) in [6.07, 6.45) is -12.6. The van der Waals surface area contributed by atoms with Crippen molar-refractivity contribution in [3.05, 3.63) is 22.6 Å². The average molecular weight is 309 g/mol. The van der Waals surface area contributed by atoms with Gasteiger partial charge in [-0.1, -0.05) is 11.6 Å². The molecule has 0 atom stereocenters. The minimum Gasteiger partial charge on any atom is -0.225 e. The van der Waals surface area contributed by atoms with Gasteiger partial charge < -0.3 is 0 Å². The van der Waals surface area contributed by atoms with Gasteiger partial charge in [0.2, 0.25) is 10.0 Å². The molecule has 1 aliphatic rings. The molecule has 1 rings (SSSR count). The molecule has 0 unspecified atom stereocenters. The fourth-order valence-electron chi connectivity index (χ4n) is 1.81. The largest absolute Gasteiger partial charge is 0.406 e. The molecule has 0 aromatic heterocycles. The number of hydrogen-bond donors (Lipinski definition) is 1. The summed E-state index contributed by atoms with van der Waals surface area (Å²) in [4.78, 5) is -0.725. The summed E-state index contributed by atoms with van der Waals surface area (Å²) >= 11 is 0.